The van der Waals surface area contributed by atoms with Gasteiger partial charge in [0.15, 0.2) is 0 Å². The second kappa shape index (κ2) is 17.4. The van der Waals surface area contributed by atoms with Gasteiger partial charge in [0.25, 0.3) is 0 Å². The van der Waals surface area contributed by atoms with Gasteiger partial charge in [-0.15, -0.1) is 0 Å². The number of likely N-dealkylation sites (N-methyl/N-ethyl adjacent to an activating group) is 1. The molecule has 1 saturated heterocycles. The van der Waals surface area contributed by atoms with E-state index >= 15 is 0 Å². The van der Waals surface area contributed by atoms with Crippen LogP contribution in [0.5, 0.6) is 0 Å². The number of hydrogen-bond acceptors (Lipinski definition) is 7. The first-order valence-corrected chi connectivity index (χ1v) is 19.8. The van der Waals surface area contributed by atoms with Crippen molar-refractivity contribution in [1.82, 2.24) is 40.4 Å². The molecule has 2 aromatic heterocycles. The quantitative estimate of drug-likeness (QED) is 0.0837. The maximum atomic E-state index is 13.6. The minimum Gasteiger partial charge on any atom is -0.453 e. The minimum absolute atomic E-state index is 0.0124. The summed E-state index contributed by atoms with van der Waals surface area (Å²) in [6, 6.07) is 27.8. The summed E-state index contributed by atoms with van der Waals surface area (Å²) >= 11 is 0. The molecule has 1 aliphatic heterocycles. The van der Waals surface area contributed by atoms with Gasteiger partial charge >= 0.3 is 6.09 Å². The largest absolute Gasteiger partial charge is 0.453 e. The zero-order valence-electron chi connectivity index (χ0n) is 33.3. The SMILES string of the molecule is COC(=O)NC(C(=O)N1CCCC1c1nc2ccc(-c3ccc4cc(-c5cnc(CCCCNC(=O)C(c6ccccc6)N(C)C)[nH]5)ccc4c3)cc2[nH]1)C(C)C. The van der Waals surface area contributed by atoms with Crippen LogP contribution in [0.1, 0.15) is 68.8 Å². The number of benzene rings is 4. The molecule has 0 spiro atoms. The van der Waals surface area contributed by atoms with E-state index in [1.54, 1.807) is 0 Å². The summed E-state index contributed by atoms with van der Waals surface area (Å²) in [6.45, 7) is 5.05. The number of rotatable bonds is 14. The lowest BCUT2D eigenvalue weighted by atomic mass is 9.99. The number of aromatic nitrogens is 4. The Bertz CT molecular complexity index is 2350. The highest BCUT2D eigenvalue weighted by Gasteiger charge is 2.37. The van der Waals surface area contributed by atoms with E-state index in [0.717, 1.165) is 93.5 Å². The van der Waals surface area contributed by atoms with Crippen molar-refractivity contribution >= 4 is 39.7 Å². The van der Waals surface area contributed by atoms with Crippen molar-refractivity contribution in [1.29, 1.82) is 0 Å². The highest BCUT2D eigenvalue weighted by Crippen LogP contribution is 2.34. The first kappa shape index (κ1) is 39.2. The Balaban J connectivity index is 0.969. The number of amides is 3. The molecule has 3 unspecified atom stereocenters. The van der Waals surface area contributed by atoms with Crippen LogP contribution >= 0.6 is 0 Å². The molecule has 3 amide bonds. The number of nitrogens with one attached hydrogen (secondary N) is 4. The summed E-state index contributed by atoms with van der Waals surface area (Å²) in [5.41, 5.74) is 6.94. The Labute approximate surface area is 333 Å². The average Bonchev–Trinajstić information content (AvgIpc) is 3.99. The zero-order chi connectivity index (χ0) is 40.1. The van der Waals surface area contributed by atoms with Gasteiger partial charge in [-0.1, -0.05) is 74.5 Å². The Morgan fingerprint density at radius 3 is 2.37 bits per heavy atom. The number of fused-ring (bicyclic) bond motifs is 2. The number of methoxy groups -OCH3 is 1. The van der Waals surface area contributed by atoms with E-state index < -0.39 is 12.1 Å². The van der Waals surface area contributed by atoms with Gasteiger partial charge in [-0.25, -0.2) is 14.8 Å². The number of H-pyrrole nitrogens is 2. The molecule has 12 nitrogen and oxygen atoms in total. The molecule has 12 heteroatoms. The van der Waals surface area contributed by atoms with Gasteiger partial charge in [0, 0.05) is 25.1 Å². The van der Waals surface area contributed by atoms with Crippen LogP contribution in [0.4, 0.5) is 4.79 Å². The lowest BCUT2D eigenvalue weighted by Crippen LogP contribution is -2.51. The lowest BCUT2D eigenvalue weighted by molar-refractivity contribution is -0.135. The second-order valence-corrected chi connectivity index (χ2v) is 15.4. The number of unbranched alkanes of at least 4 members (excludes halogenated alkanes) is 1. The molecule has 7 rings (SSSR count). The smallest absolute Gasteiger partial charge is 0.407 e. The fourth-order valence-corrected chi connectivity index (χ4v) is 7.83. The highest BCUT2D eigenvalue weighted by molar-refractivity contribution is 5.92. The van der Waals surface area contributed by atoms with Crippen molar-refractivity contribution < 1.29 is 19.1 Å². The fraction of sp³-hybridized carbons (Fsp3) is 0.356. The molecule has 6 aromatic rings. The number of ether oxygens (including phenoxy) is 1. The van der Waals surface area contributed by atoms with Crippen molar-refractivity contribution in [2.75, 3.05) is 34.3 Å². The summed E-state index contributed by atoms with van der Waals surface area (Å²) in [7, 11) is 5.15. The van der Waals surface area contributed by atoms with Gasteiger partial charge in [0.2, 0.25) is 11.8 Å². The topological polar surface area (TPSA) is 148 Å². The number of alkyl carbamates (subject to hydrolysis) is 1. The third-order valence-corrected chi connectivity index (χ3v) is 10.9. The van der Waals surface area contributed by atoms with Crippen LogP contribution in [0.25, 0.3) is 44.2 Å². The molecular formula is C45H52N8O4. The van der Waals surface area contributed by atoms with Crippen molar-refractivity contribution in [3.63, 3.8) is 0 Å². The molecule has 0 saturated carbocycles. The van der Waals surface area contributed by atoms with E-state index in [2.05, 4.69) is 74.1 Å². The van der Waals surface area contributed by atoms with Gasteiger partial charge in [0.05, 0.1) is 36.1 Å². The third kappa shape index (κ3) is 8.86. The van der Waals surface area contributed by atoms with Crippen LogP contribution in [0.2, 0.25) is 0 Å². The van der Waals surface area contributed by atoms with Gasteiger partial charge in [-0.05, 0) is 97.4 Å². The van der Waals surface area contributed by atoms with Crippen molar-refractivity contribution in [2.24, 2.45) is 5.92 Å². The first-order chi connectivity index (χ1) is 27.6. The molecule has 1 aliphatic rings. The minimum atomic E-state index is -0.680. The van der Waals surface area contributed by atoms with Gasteiger partial charge in [0.1, 0.15) is 23.7 Å². The van der Waals surface area contributed by atoms with Crippen molar-refractivity contribution in [2.45, 2.75) is 64.1 Å². The average molecular weight is 769 g/mol. The predicted molar refractivity (Wildman–Crippen MR) is 223 cm³/mol. The molecule has 296 valence electrons. The number of aromatic amines is 2. The van der Waals surface area contributed by atoms with Crippen molar-refractivity contribution in [3.8, 4) is 22.4 Å². The molecular weight excluding hydrogens is 717 g/mol. The Kier molecular flexibility index (Phi) is 12.0. The Morgan fingerprint density at radius 2 is 1.63 bits per heavy atom. The monoisotopic (exact) mass is 768 g/mol. The number of likely N-dealkylation sites (tertiary alicyclic amines) is 1. The van der Waals surface area contributed by atoms with Gasteiger partial charge < -0.3 is 30.2 Å². The van der Waals surface area contributed by atoms with Crippen molar-refractivity contribution in [3.05, 3.63) is 108 Å². The molecule has 1 fully saturated rings. The summed E-state index contributed by atoms with van der Waals surface area (Å²) in [5, 5.41) is 8.08. The number of aryl methyl sites for hydroxylation is 1. The first-order valence-electron chi connectivity index (χ1n) is 19.8. The highest BCUT2D eigenvalue weighted by atomic mass is 16.5. The summed E-state index contributed by atoms with van der Waals surface area (Å²) < 4.78 is 4.78. The molecule has 4 aromatic carbocycles. The Morgan fingerprint density at radius 1 is 0.912 bits per heavy atom. The second-order valence-electron chi connectivity index (χ2n) is 15.4. The van der Waals surface area contributed by atoms with E-state index in [-0.39, 0.29) is 29.8 Å². The van der Waals surface area contributed by atoms with Crippen LogP contribution in [0.15, 0.2) is 91.1 Å². The van der Waals surface area contributed by atoms with Crippen LogP contribution < -0.4 is 10.6 Å². The van der Waals surface area contributed by atoms with E-state index in [1.165, 1.54) is 7.11 Å². The summed E-state index contributed by atoms with van der Waals surface area (Å²) in [6.07, 6.45) is 5.50. The third-order valence-electron chi connectivity index (χ3n) is 10.9. The number of imidazole rings is 2. The fourth-order valence-electron chi connectivity index (χ4n) is 7.83. The molecule has 4 N–H and O–H groups in total. The maximum absolute atomic E-state index is 13.6. The standard InChI is InChI=1S/C45H52N8O4/c1-28(2)40(51-45(56)57-5)44(55)53-23-11-14-38(53)42-49-35-21-20-33(26-36(35)50-42)31-16-17-32-25-34(19-18-30(32)24-31)37-27-47-39(48-37)15-9-10-22-46-43(54)41(52(3)4)29-12-7-6-8-13-29/h6-8,12-13,16-21,24-28,38,40-41H,9-11,14-15,22-23H2,1-5H3,(H,46,54)(H,47,48)(H,49,50)(H,51,56). The molecule has 3 atom stereocenters. The number of hydrogen-bond donors (Lipinski definition) is 4. The van der Waals surface area contributed by atoms with Gasteiger partial charge in [-0.3, -0.25) is 14.5 Å². The van der Waals surface area contributed by atoms with Crippen LogP contribution in [-0.4, -0.2) is 88.0 Å². The Hall–Kier alpha value is -6.01. The lowest BCUT2D eigenvalue weighted by Gasteiger charge is -2.29. The van der Waals surface area contributed by atoms with E-state index in [1.807, 2.05) is 80.3 Å². The number of carbonyl (C=O) groups excluding carboxylic acids is 3. The normalized spacial score (nSPS) is 15.4. The van der Waals surface area contributed by atoms with Crippen LogP contribution in [-0.2, 0) is 20.7 Å². The molecule has 0 bridgehead atoms. The molecule has 57 heavy (non-hydrogen) atoms. The molecule has 3 heterocycles. The van der Waals surface area contributed by atoms with Crippen LogP contribution in [0.3, 0.4) is 0 Å². The summed E-state index contributed by atoms with van der Waals surface area (Å²) in [4.78, 5) is 58.9. The van der Waals surface area contributed by atoms with E-state index in [4.69, 9.17) is 9.72 Å². The molecule has 0 aliphatic carbocycles. The van der Waals surface area contributed by atoms with E-state index in [0.29, 0.717) is 13.1 Å². The van der Waals surface area contributed by atoms with E-state index in [9.17, 15) is 14.4 Å². The maximum Gasteiger partial charge on any atom is 0.407 e. The summed E-state index contributed by atoms with van der Waals surface area (Å²) in [5.74, 6) is 1.47. The zero-order valence-corrected chi connectivity index (χ0v) is 33.3. The number of carbonyl (C=O) groups is 3. The van der Waals surface area contributed by atoms with Crippen LogP contribution in [0, 0.1) is 5.92 Å². The predicted octanol–water partition coefficient (Wildman–Crippen LogP) is 7.56. The molecule has 0 radical (unpaired) electrons. The van der Waals surface area contributed by atoms with Gasteiger partial charge in [-0.2, -0.15) is 0 Å². The number of nitrogens with zero attached hydrogens (tertiary/aromatic N) is 4.